The molecule has 0 aromatic heterocycles. The summed E-state index contributed by atoms with van der Waals surface area (Å²) in [4.78, 5) is 9.81. The first kappa shape index (κ1) is 17.4. The van der Waals surface area contributed by atoms with Crippen molar-refractivity contribution >= 4 is 5.78 Å². The molecule has 0 bridgehead atoms. The van der Waals surface area contributed by atoms with Crippen LogP contribution in [0.3, 0.4) is 0 Å². The molecule has 0 spiro atoms. The molecule has 0 amide bonds. The lowest BCUT2D eigenvalue weighted by Crippen LogP contribution is -2.10. The van der Waals surface area contributed by atoms with Crippen molar-refractivity contribution in [2.45, 2.75) is 26.7 Å². The standard InChI is InChI=1S/C11H17NO2.C4H8O/c1-12-7-6-9-4-5-10(13-2)11(8-9)14-3;1-3-4(2)5/h4-5,8,12H,6-7H2,1-3H3;3H2,1-2H3. The van der Waals surface area contributed by atoms with Gasteiger partial charge in [-0.2, -0.15) is 0 Å². The third-order valence-electron chi connectivity index (χ3n) is 2.61. The van der Waals surface area contributed by atoms with Crippen LogP contribution in [0.15, 0.2) is 18.2 Å². The predicted octanol–water partition coefficient (Wildman–Crippen LogP) is 2.45. The van der Waals surface area contributed by atoms with Crippen molar-refractivity contribution in [2.24, 2.45) is 0 Å². The van der Waals surface area contributed by atoms with Gasteiger partial charge in [0.25, 0.3) is 0 Å². The highest BCUT2D eigenvalue weighted by Crippen LogP contribution is 2.27. The number of nitrogens with one attached hydrogen (secondary N) is 1. The minimum Gasteiger partial charge on any atom is -0.493 e. The van der Waals surface area contributed by atoms with Gasteiger partial charge in [0.2, 0.25) is 0 Å². The van der Waals surface area contributed by atoms with E-state index in [2.05, 4.69) is 11.4 Å². The van der Waals surface area contributed by atoms with Crippen LogP contribution in [0.1, 0.15) is 25.8 Å². The quantitative estimate of drug-likeness (QED) is 0.860. The van der Waals surface area contributed by atoms with E-state index < -0.39 is 0 Å². The zero-order valence-corrected chi connectivity index (χ0v) is 12.6. The average Bonchev–Trinajstić information content (AvgIpc) is 2.45. The largest absolute Gasteiger partial charge is 0.493 e. The molecule has 4 nitrogen and oxygen atoms in total. The van der Waals surface area contributed by atoms with Crippen molar-refractivity contribution in [2.75, 3.05) is 27.8 Å². The topological polar surface area (TPSA) is 47.6 Å². The molecule has 0 heterocycles. The lowest BCUT2D eigenvalue weighted by molar-refractivity contribution is -0.116. The highest BCUT2D eigenvalue weighted by molar-refractivity contribution is 5.74. The van der Waals surface area contributed by atoms with E-state index in [1.54, 1.807) is 21.1 Å². The zero-order chi connectivity index (χ0) is 14.7. The Hall–Kier alpha value is -1.55. The third kappa shape index (κ3) is 7.47. The number of hydrogen-bond donors (Lipinski definition) is 1. The van der Waals surface area contributed by atoms with Gasteiger partial charge in [0.1, 0.15) is 5.78 Å². The van der Waals surface area contributed by atoms with Crippen molar-refractivity contribution in [1.29, 1.82) is 0 Å². The maximum Gasteiger partial charge on any atom is 0.160 e. The summed E-state index contributed by atoms with van der Waals surface area (Å²) < 4.78 is 10.4. The SMILES string of the molecule is CCC(C)=O.CNCCc1ccc(OC)c(OC)c1. The molecule has 4 heteroatoms. The van der Waals surface area contributed by atoms with E-state index in [9.17, 15) is 4.79 Å². The number of Topliss-reactive ketones (excluding diaryl/α,β-unsaturated/α-hetero) is 1. The lowest BCUT2D eigenvalue weighted by Gasteiger charge is -2.09. The normalized spacial score (nSPS) is 9.32. The molecule has 1 aromatic rings. The molecule has 0 aliphatic carbocycles. The van der Waals surface area contributed by atoms with Crippen molar-refractivity contribution in [3.8, 4) is 11.5 Å². The number of hydrogen-bond acceptors (Lipinski definition) is 4. The van der Waals surface area contributed by atoms with Crippen LogP contribution < -0.4 is 14.8 Å². The molecular formula is C15H25NO3. The van der Waals surface area contributed by atoms with Crippen LogP contribution in [-0.2, 0) is 11.2 Å². The van der Waals surface area contributed by atoms with Gasteiger partial charge in [-0.25, -0.2) is 0 Å². The van der Waals surface area contributed by atoms with E-state index in [-0.39, 0.29) is 5.78 Å². The van der Waals surface area contributed by atoms with Gasteiger partial charge in [0.15, 0.2) is 11.5 Å². The van der Waals surface area contributed by atoms with E-state index in [1.807, 2.05) is 26.1 Å². The maximum atomic E-state index is 9.81. The third-order valence-corrected chi connectivity index (χ3v) is 2.61. The molecule has 0 radical (unpaired) electrons. The van der Waals surface area contributed by atoms with Crippen molar-refractivity contribution in [1.82, 2.24) is 5.32 Å². The Morgan fingerprint density at radius 3 is 2.21 bits per heavy atom. The van der Waals surface area contributed by atoms with Crippen molar-refractivity contribution in [3.05, 3.63) is 23.8 Å². The second-order valence-corrected chi connectivity index (χ2v) is 4.10. The van der Waals surface area contributed by atoms with E-state index in [4.69, 9.17) is 9.47 Å². The van der Waals surface area contributed by atoms with E-state index in [1.165, 1.54) is 5.56 Å². The van der Waals surface area contributed by atoms with Gasteiger partial charge in [0, 0.05) is 6.42 Å². The Kier molecular flexibility index (Phi) is 9.53. The molecule has 1 N–H and O–H groups in total. The molecule has 1 rings (SSSR count). The van der Waals surface area contributed by atoms with Gasteiger partial charge >= 0.3 is 0 Å². The number of ether oxygens (including phenoxy) is 2. The molecule has 0 unspecified atom stereocenters. The fraction of sp³-hybridized carbons (Fsp3) is 0.533. The van der Waals surface area contributed by atoms with Gasteiger partial charge in [-0.3, -0.25) is 0 Å². The molecule has 0 saturated heterocycles. The van der Waals surface area contributed by atoms with E-state index in [0.717, 1.165) is 24.5 Å². The second kappa shape index (κ2) is 10.4. The Morgan fingerprint density at radius 2 is 1.79 bits per heavy atom. The maximum absolute atomic E-state index is 9.81. The smallest absolute Gasteiger partial charge is 0.160 e. The van der Waals surface area contributed by atoms with Gasteiger partial charge in [-0.15, -0.1) is 0 Å². The fourth-order valence-electron chi connectivity index (χ4n) is 1.31. The Morgan fingerprint density at radius 1 is 1.21 bits per heavy atom. The summed E-state index contributed by atoms with van der Waals surface area (Å²) >= 11 is 0. The monoisotopic (exact) mass is 267 g/mol. The number of likely N-dealkylation sites (N-methyl/N-ethyl adjacent to an activating group) is 1. The summed E-state index contributed by atoms with van der Waals surface area (Å²) in [5, 5.41) is 3.11. The zero-order valence-electron chi connectivity index (χ0n) is 12.6. The first-order chi connectivity index (χ1) is 9.08. The highest BCUT2D eigenvalue weighted by Gasteiger charge is 2.03. The molecule has 108 valence electrons. The first-order valence-electron chi connectivity index (χ1n) is 6.43. The van der Waals surface area contributed by atoms with Crippen LogP contribution >= 0.6 is 0 Å². The minimum absolute atomic E-state index is 0.255. The summed E-state index contributed by atoms with van der Waals surface area (Å²) in [6, 6.07) is 6.00. The number of methoxy groups -OCH3 is 2. The first-order valence-corrected chi connectivity index (χ1v) is 6.43. The second-order valence-electron chi connectivity index (χ2n) is 4.10. The Balaban J connectivity index is 0.000000555. The predicted molar refractivity (Wildman–Crippen MR) is 78.1 cm³/mol. The molecule has 19 heavy (non-hydrogen) atoms. The number of rotatable bonds is 6. The molecule has 0 atom stereocenters. The molecular weight excluding hydrogens is 242 g/mol. The van der Waals surface area contributed by atoms with Gasteiger partial charge in [-0.05, 0) is 44.6 Å². The summed E-state index contributed by atoms with van der Waals surface area (Å²) in [7, 11) is 5.24. The molecule has 0 fully saturated rings. The lowest BCUT2D eigenvalue weighted by atomic mass is 10.1. The Labute approximate surface area is 116 Å². The number of benzene rings is 1. The van der Waals surface area contributed by atoms with Crippen LogP contribution in [0, 0.1) is 0 Å². The van der Waals surface area contributed by atoms with Crippen molar-refractivity contribution < 1.29 is 14.3 Å². The van der Waals surface area contributed by atoms with Crippen LogP contribution in [0.5, 0.6) is 11.5 Å². The summed E-state index contributed by atoms with van der Waals surface area (Å²) in [6.45, 7) is 4.40. The van der Waals surface area contributed by atoms with Crippen molar-refractivity contribution in [3.63, 3.8) is 0 Å². The van der Waals surface area contributed by atoms with Crippen LogP contribution in [0.25, 0.3) is 0 Å². The Bertz CT molecular complexity index is 378. The van der Waals surface area contributed by atoms with E-state index in [0.29, 0.717) is 6.42 Å². The van der Waals surface area contributed by atoms with Crippen LogP contribution in [-0.4, -0.2) is 33.6 Å². The van der Waals surface area contributed by atoms with Gasteiger partial charge in [-0.1, -0.05) is 13.0 Å². The van der Waals surface area contributed by atoms with Gasteiger partial charge < -0.3 is 19.6 Å². The van der Waals surface area contributed by atoms with E-state index >= 15 is 0 Å². The molecule has 1 aromatic carbocycles. The number of carbonyl (C=O) groups excluding carboxylic acids is 1. The van der Waals surface area contributed by atoms with Crippen LogP contribution in [0.2, 0.25) is 0 Å². The molecule has 0 saturated carbocycles. The number of ketones is 1. The summed E-state index contributed by atoms with van der Waals surface area (Å²) in [5.74, 6) is 1.83. The minimum atomic E-state index is 0.255. The summed E-state index contributed by atoms with van der Waals surface area (Å²) in [6.07, 6.45) is 1.66. The van der Waals surface area contributed by atoms with Crippen LogP contribution in [0.4, 0.5) is 0 Å². The molecule has 0 aliphatic heterocycles. The number of carbonyl (C=O) groups is 1. The fourth-order valence-corrected chi connectivity index (χ4v) is 1.31. The summed E-state index contributed by atoms with van der Waals surface area (Å²) in [5.41, 5.74) is 1.25. The average molecular weight is 267 g/mol. The van der Waals surface area contributed by atoms with Gasteiger partial charge in [0.05, 0.1) is 14.2 Å². The molecule has 0 aliphatic rings. The highest BCUT2D eigenvalue weighted by atomic mass is 16.5.